The van der Waals surface area contributed by atoms with Crippen LogP contribution in [0.2, 0.25) is 0 Å². The summed E-state index contributed by atoms with van der Waals surface area (Å²) in [6.45, 7) is 3.74. The van der Waals surface area contributed by atoms with E-state index in [1.807, 2.05) is 54.6 Å². The summed E-state index contributed by atoms with van der Waals surface area (Å²) in [5.74, 6) is -0.930. The molecular weight excluding hydrogens is 512 g/mol. The molecule has 0 spiro atoms. The lowest BCUT2D eigenvalue weighted by Gasteiger charge is -2.35. The van der Waals surface area contributed by atoms with Gasteiger partial charge in [0.15, 0.2) is 5.78 Å². The molecule has 1 N–H and O–H groups in total. The molecule has 3 aromatic rings. The number of carbonyl (C=O) groups is 2. The molecule has 2 amide bonds. The van der Waals surface area contributed by atoms with Crippen LogP contribution in [-0.4, -0.2) is 54.9 Å². The summed E-state index contributed by atoms with van der Waals surface area (Å²) in [4.78, 5) is 29.6. The monoisotopic (exact) mass is 549 g/mol. The van der Waals surface area contributed by atoms with Gasteiger partial charge in [-0.2, -0.15) is 0 Å². The lowest BCUT2D eigenvalue weighted by Crippen LogP contribution is -2.44. The molecule has 0 radical (unpaired) electrons. The molecule has 0 aromatic heterocycles. The highest BCUT2D eigenvalue weighted by Gasteiger charge is 2.25. The molecule has 0 atom stereocenters. The predicted octanol–water partition coefficient (Wildman–Crippen LogP) is 5.81. The second-order valence-electron chi connectivity index (χ2n) is 10.3. The van der Waals surface area contributed by atoms with E-state index in [2.05, 4.69) is 10.2 Å². The van der Waals surface area contributed by atoms with Crippen molar-refractivity contribution in [2.75, 3.05) is 33.3 Å². The van der Waals surface area contributed by atoms with Gasteiger partial charge in [-0.15, -0.1) is 0 Å². The minimum atomic E-state index is -0.663. The van der Waals surface area contributed by atoms with E-state index >= 15 is 0 Å². The number of likely N-dealkylation sites (tertiary alicyclic amines) is 1. The zero-order valence-corrected chi connectivity index (χ0v) is 23.0. The largest absolute Gasteiger partial charge is 0.380 e. The Hall–Kier alpha value is -3.62. The van der Waals surface area contributed by atoms with Crippen molar-refractivity contribution < 1.29 is 23.1 Å². The molecule has 1 heterocycles. The molecule has 212 valence electrons. The van der Waals surface area contributed by atoms with Crippen LogP contribution in [0, 0.1) is 17.6 Å². The smallest absolute Gasteiger partial charge is 0.317 e. The Labute approximate surface area is 234 Å². The maximum atomic E-state index is 14.5. The molecule has 3 aromatic carbocycles. The van der Waals surface area contributed by atoms with Gasteiger partial charge in [0.25, 0.3) is 0 Å². The molecule has 0 aliphatic carbocycles. The lowest BCUT2D eigenvalue weighted by molar-refractivity contribution is 0.0942. The topological polar surface area (TPSA) is 61.9 Å². The number of nitrogens with zero attached hydrogens (tertiary/aromatic N) is 2. The molecule has 0 saturated carbocycles. The van der Waals surface area contributed by atoms with E-state index in [0.29, 0.717) is 32.7 Å². The third kappa shape index (κ3) is 8.69. The highest BCUT2D eigenvalue weighted by molar-refractivity contribution is 5.96. The molecule has 1 aliphatic rings. The fourth-order valence-electron chi connectivity index (χ4n) is 5.02. The van der Waals surface area contributed by atoms with E-state index < -0.39 is 11.6 Å². The number of hydrogen-bond donors (Lipinski definition) is 1. The van der Waals surface area contributed by atoms with Crippen molar-refractivity contribution in [1.82, 2.24) is 15.1 Å². The van der Waals surface area contributed by atoms with Crippen molar-refractivity contribution in [1.29, 1.82) is 0 Å². The van der Waals surface area contributed by atoms with Gasteiger partial charge in [0.05, 0.1) is 13.2 Å². The van der Waals surface area contributed by atoms with Crippen molar-refractivity contribution in [3.05, 3.63) is 107 Å². The first kappa shape index (κ1) is 29.4. The quantitative estimate of drug-likeness (QED) is 0.290. The number of benzene rings is 3. The lowest BCUT2D eigenvalue weighted by atomic mass is 9.95. The Morgan fingerprint density at radius 2 is 1.68 bits per heavy atom. The molecule has 1 saturated heterocycles. The number of carbonyl (C=O) groups excluding carboxylic acids is 2. The molecule has 0 unspecified atom stereocenters. The number of urea groups is 1. The van der Waals surface area contributed by atoms with Crippen LogP contribution in [0.5, 0.6) is 0 Å². The first-order valence-electron chi connectivity index (χ1n) is 13.8. The van der Waals surface area contributed by atoms with Gasteiger partial charge in [-0.25, -0.2) is 13.6 Å². The average Bonchev–Trinajstić information content (AvgIpc) is 2.97. The molecule has 8 heteroatoms. The fraction of sp³-hybridized carbons (Fsp3) is 0.375. The van der Waals surface area contributed by atoms with Crippen LogP contribution in [0.3, 0.4) is 0 Å². The van der Waals surface area contributed by atoms with Crippen molar-refractivity contribution in [2.45, 2.75) is 39.0 Å². The van der Waals surface area contributed by atoms with Gasteiger partial charge in [-0.3, -0.25) is 4.79 Å². The number of methoxy groups -OCH3 is 1. The average molecular weight is 550 g/mol. The number of piperidine rings is 1. The van der Waals surface area contributed by atoms with E-state index in [4.69, 9.17) is 4.74 Å². The number of amides is 2. The number of halogens is 2. The van der Waals surface area contributed by atoms with Gasteiger partial charge < -0.3 is 19.9 Å². The zero-order valence-electron chi connectivity index (χ0n) is 23.0. The summed E-state index contributed by atoms with van der Waals surface area (Å²) >= 11 is 0. The van der Waals surface area contributed by atoms with Crippen LogP contribution in [0.4, 0.5) is 13.6 Å². The highest BCUT2D eigenvalue weighted by atomic mass is 19.1. The van der Waals surface area contributed by atoms with Crippen molar-refractivity contribution in [3.63, 3.8) is 0 Å². The summed E-state index contributed by atoms with van der Waals surface area (Å²) in [5, 5.41) is 2.96. The summed E-state index contributed by atoms with van der Waals surface area (Å²) in [6.07, 6.45) is 2.21. The summed E-state index contributed by atoms with van der Waals surface area (Å²) in [6, 6.07) is 20.3. The number of rotatable bonds is 12. The molecule has 6 nitrogen and oxygen atoms in total. The maximum absolute atomic E-state index is 14.5. The SMILES string of the molecule is COCc1ccc(CNC(=O)N(Cc2ccc(F)cc2F)CC2CCN(CCC(=O)c3ccccc3)CC2)cc1. The summed E-state index contributed by atoms with van der Waals surface area (Å²) < 4.78 is 33.1. The Bertz CT molecular complexity index is 1250. The third-order valence-electron chi connectivity index (χ3n) is 7.38. The van der Waals surface area contributed by atoms with Gasteiger partial charge >= 0.3 is 6.03 Å². The van der Waals surface area contributed by atoms with Crippen LogP contribution < -0.4 is 5.32 Å². The Balaban J connectivity index is 1.32. The molecular formula is C32H37F2N3O3. The first-order valence-corrected chi connectivity index (χ1v) is 13.8. The summed E-state index contributed by atoms with van der Waals surface area (Å²) in [5.41, 5.74) is 3.00. The Morgan fingerprint density at radius 1 is 0.975 bits per heavy atom. The van der Waals surface area contributed by atoms with E-state index in [1.165, 1.54) is 12.1 Å². The number of ketones is 1. The number of Topliss-reactive ketones (excluding diaryl/α,β-unsaturated/α-hetero) is 1. The van der Waals surface area contributed by atoms with Gasteiger partial charge in [-0.1, -0.05) is 60.7 Å². The van der Waals surface area contributed by atoms with E-state index in [1.54, 1.807) is 12.0 Å². The highest BCUT2D eigenvalue weighted by Crippen LogP contribution is 2.21. The van der Waals surface area contributed by atoms with E-state index in [0.717, 1.165) is 48.7 Å². The van der Waals surface area contributed by atoms with Gasteiger partial charge in [-0.05, 0) is 49.0 Å². The van der Waals surface area contributed by atoms with Gasteiger partial charge in [0.1, 0.15) is 11.6 Å². The predicted molar refractivity (Wildman–Crippen MR) is 151 cm³/mol. The van der Waals surface area contributed by atoms with E-state index in [-0.39, 0.29) is 29.8 Å². The van der Waals surface area contributed by atoms with Crippen LogP contribution >= 0.6 is 0 Å². The minimum absolute atomic E-state index is 0.0521. The van der Waals surface area contributed by atoms with Crippen molar-refractivity contribution in [2.24, 2.45) is 5.92 Å². The number of ether oxygens (including phenoxy) is 1. The van der Waals surface area contributed by atoms with Crippen molar-refractivity contribution >= 4 is 11.8 Å². The van der Waals surface area contributed by atoms with Crippen LogP contribution in [-0.2, 0) is 24.4 Å². The van der Waals surface area contributed by atoms with Crippen LogP contribution in [0.25, 0.3) is 0 Å². The summed E-state index contributed by atoms with van der Waals surface area (Å²) in [7, 11) is 1.64. The van der Waals surface area contributed by atoms with Gasteiger partial charge in [0.2, 0.25) is 0 Å². The third-order valence-corrected chi connectivity index (χ3v) is 7.38. The number of nitrogens with one attached hydrogen (secondary N) is 1. The second-order valence-corrected chi connectivity index (χ2v) is 10.3. The minimum Gasteiger partial charge on any atom is -0.380 e. The Kier molecular flexibility index (Phi) is 10.8. The Morgan fingerprint density at radius 3 is 2.35 bits per heavy atom. The van der Waals surface area contributed by atoms with E-state index in [9.17, 15) is 18.4 Å². The number of hydrogen-bond acceptors (Lipinski definition) is 4. The first-order chi connectivity index (χ1) is 19.4. The molecule has 4 rings (SSSR count). The molecule has 1 aliphatic heterocycles. The zero-order chi connectivity index (χ0) is 28.3. The molecule has 1 fully saturated rings. The fourth-order valence-corrected chi connectivity index (χ4v) is 5.02. The van der Waals surface area contributed by atoms with Gasteiger partial charge in [0, 0.05) is 50.4 Å². The normalized spacial score (nSPS) is 14.2. The molecule has 0 bridgehead atoms. The standard InChI is InChI=1S/C32H37F2N3O3/c1-40-23-26-9-7-24(8-10-26)20-35-32(39)37(22-28-11-12-29(33)19-30(28)34)21-25-13-16-36(17-14-25)18-15-31(38)27-5-3-2-4-6-27/h2-12,19,25H,13-18,20-23H2,1H3,(H,35,39). The van der Waals surface area contributed by atoms with Crippen LogP contribution in [0.15, 0.2) is 72.8 Å². The van der Waals surface area contributed by atoms with Crippen LogP contribution in [0.1, 0.15) is 46.3 Å². The molecule has 40 heavy (non-hydrogen) atoms. The second kappa shape index (κ2) is 14.7. The van der Waals surface area contributed by atoms with Crippen molar-refractivity contribution in [3.8, 4) is 0 Å². The maximum Gasteiger partial charge on any atom is 0.317 e.